The fraction of sp³-hybridized carbons (Fsp3) is 0.0667. The lowest BCUT2D eigenvalue weighted by Crippen LogP contribution is -2.20. The molecule has 0 bridgehead atoms. The zero-order chi connectivity index (χ0) is 17.9. The highest BCUT2D eigenvalue weighted by atomic mass is 35.5. The number of para-hydroxylation sites is 1. The van der Waals surface area contributed by atoms with Crippen molar-refractivity contribution in [1.82, 2.24) is 5.43 Å². The van der Waals surface area contributed by atoms with Gasteiger partial charge in [0.1, 0.15) is 11.3 Å². The Kier molecular flexibility index (Phi) is 5.38. The molecule has 1 amide bonds. The van der Waals surface area contributed by atoms with Crippen LogP contribution in [0.4, 0.5) is 5.69 Å². The van der Waals surface area contributed by atoms with E-state index in [-0.39, 0.29) is 38.3 Å². The molecule has 24 heavy (non-hydrogen) atoms. The fourth-order valence-corrected chi connectivity index (χ4v) is 2.42. The van der Waals surface area contributed by atoms with Gasteiger partial charge in [-0.1, -0.05) is 35.3 Å². The lowest BCUT2D eigenvalue weighted by molar-refractivity contribution is -0.385. The van der Waals surface area contributed by atoms with E-state index in [2.05, 4.69) is 10.5 Å². The van der Waals surface area contributed by atoms with E-state index in [0.29, 0.717) is 0 Å². The van der Waals surface area contributed by atoms with Crippen LogP contribution in [-0.4, -0.2) is 21.6 Å². The average molecular weight is 368 g/mol. The predicted octanol–water partition coefficient (Wildman–Crippen LogP) is 3.76. The van der Waals surface area contributed by atoms with E-state index in [1.54, 1.807) is 0 Å². The number of amides is 1. The average Bonchev–Trinajstić information content (AvgIpc) is 2.55. The Morgan fingerprint density at radius 3 is 2.58 bits per heavy atom. The molecule has 0 spiro atoms. The molecule has 0 aliphatic rings. The topological polar surface area (TPSA) is 105 Å². The Morgan fingerprint density at radius 2 is 1.92 bits per heavy atom. The van der Waals surface area contributed by atoms with Gasteiger partial charge >= 0.3 is 0 Å². The van der Waals surface area contributed by atoms with Crippen LogP contribution >= 0.6 is 23.2 Å². The first kappa shape index (κ1) is 17.7. The first-order valence-corrected chi connectivity index (χ1v) is 7.33. The molecule has 124 valence electrons. The van der Waals surface area contributed by atoms with Gasteiger partial charge in [-0.05, 0) is 25.1 Å². The minimum absolute atomic E-state index is 0.0390. The lowest BCUT2D eigenvalue weighted by Gasteiger charge is -2.07. The molecule has 0 saturated carbocycles. The summed E-state index contributed by atoms with van der Waals surface area (Å²) < 4.78 is 0. The Morgan fingerprint density at radius 1 is 1.25 bits per heavy atom. The largest absolute Gasteiger partial charge is 0.506 e. The smallest absolute Gasteiger partial charge is 0.282 e. The number of carbonyl (C=O) groups excluding carboxylic acids is 1. The van der Waals surface area contributed by atoms with Crippen molar-refractivity contribution in [2.24, 2.45) is 5.10 Å². The number of hydrogen-bond acceptors (Lipinski definition) is 5. The van der Waals surface area contributed by atoms with Gasteiger partial charge < -0.3 is 5.11 Å². The van der Waals surface area contributed by atoms with Crippen molar-refractivity contribution in [3.63, 3.8) is 0 Å². The molecule has 0 aromatic heterocycles. The molecule has 2 aromatic carbocycles. The summed E-state index contributed by atoms with van der Waals surface area (Å²) in [5, 5.41) is 25.0. The van der Waals surface area contributed by atoms with Crippen molar-refractivity contribution in [2.45, 2.75) is 6.92 Å². The third kappa shape index (κ3) is 3.81. The fourth-order valence-electron chi connectivity index (χ4n) is 1.92. The lowest BCUT2D eigenvalue weighted by atomic mass is 10.1. The SMILES string of the molecule is C/C(=N\NC(=O)c1ccccc1[N+](=O)[O-])c1cc(Cl)cc(Cl)c1O. The van der Waals surface area contributed by atoms with E-state index in [0.717, 1.165) is 0 Å². The zero-order valence-corrected chi connectivity index (χ0v) is 13.8. The first-order chi connectivity index (χ1) is 11.3. The van der Waals surface area contributed by atoms with Gasteiger partial charge in [0.2, 0.25) is 0 Å². The molecule has 0 aliphatic carbocycles. The highest BCUT2D eigenvalue weighted by Crippen LogP contribution is 2.31. The zero-order valence-electron chi connectivity index (χ0n) is 12.3. The quantitative estimate of drug-likeness (QED) is 0.487. The number of nitrogens with zero attached hydrogens (tertiary/aromatic N) is 2. The molecule has 0 radical (unpaired) electrons. The number of carbonyl (C=O) groups is 1. The van der Waals surface area contributed by atoms with Crippen LogP contribution in [0.25, 0.3) is 0 Å². The number of phenols is 1. The molecule has 9 heteroatoms. The summed E-state index contributed by atoms with van der Waals surface area (Å²) in [6.07, 6.45) is 0. The van der Waals surface area contributed by atoms with Gasteiger partial charge in [0, 0.05) is 16.7 Å². The summed E-state index contributed by atoms with van der Waals surface area (Å²) >= 11 is 11.7. The van der Waals surface area contributed by atoms with Crippen LogP contribution in [0, 0.1) is 10.1 Å². The molecular weight excluding hydrogens is 357 g/mol. The number of hydrazone groups is 1. The van der Waals surface area contributed by atoms with Crippen molar-refractivity contribution in [2.75, 3.05) is 0 Å². The van der Waals surface area contributed by atoms with Gasteiger partial charge in [0.25, 0.3) is 11.6 Å². The monoisotopic (exact) mass is 367 g/mol. The maximum Gasteiger partial charge on any atom is 0.282 e. The Balaban J connectivity index is 2.28. The summed E-state index contributed by atoms with van der Waals surface area (Å²) in [6, 6.07) is 8.27. The number of benzene rings is 2. The van der Waals surface area contributed by atoms with Gasteiger partial charge in [-0.2, -0.15) is 5.10 Å². The van der Waals surface area contributed by atoms with Crippen LogP contribution in [0.2, 0.25) is 10.0 Å². The summed E-state index contributed by atoms with van der Waals surface area (Å²) in [7, 11) is 0. The van der Waals surface area contributed by atoms with E-state index >= 15 is 0 Å². The van der Waals surface area contributed by atoms with Crippen LogP contribution in [0.1, 0.15) is 22.8 Å². The molecule has 0 atom stereocenters. The van der Waals surface area contributed by atoms with E-state index in [1.807, 2.05) is 0 Å². The number of rotatable bonds is 4. The molecule has 2 aromatic rings. The third-order valence-corrected chi connectivity index (χ3v) is 3.59. The Labute approximate surface area is 146 Å². The van der Waals surface area contributed by atoms with Crippen molar-refractivity contribution >= 4 is 40.5 Å². The second kappa shape index (κ2) is 7.29. The second-order valence-corrected chi connectivity index (χ2v) is 5.54. The van der Waals surface area contributed by atoms with Crippen LogP contribution < -0.4 is 5.43 Å². The number of halogens is 2. The molecule has 0 saturated heterocycles. The molecule has 0 fully saturated rings. The Hall–Kier alpha value is -2.64. The summed E-state index contributed by atoms with van der Waals surface area (Å²) in [6.45, 7) is 1.52. The molecule has 0 heterocycles. The third-order valence-electron chi connectivity index (χ3n) is 3.09. The number of aromatic hydroxyl groups is 1. The standard InChI is InChI=1S/C15H11Cl2N3O4/c1-8(11-6-9(16)7-12(17)14(11)21)18-19-15(22)10-4-2-3-5-13(10)20(23)24/h2-7,21H,1H3,(H,19,22)/b18-8+. The molecule has 2 rings (SSSR count). The van der Waals surface area contributed by atoms with Crippen molar-refractivity contribution in [3.05, 3.63) is 67.7 Å². The summed E-state index contributed by atoms with van der Waals surface area (Å²) in [4.78, 5) is 22.4. The highest BCUT2D eigenvalue weighted by Gasteiger charge is 2.19. The number of phenolic OH excluding ortho intramolecular Hbond substituents is 1. The van der Waals surface area contributed by atoms with Crippen molar-refractivity contribution < 1.29 is 14.8 Å². The number of nitro benzene ring substituents is 1. The molecule has 7 nitrogen and oxygen atoms in total. The minimum Gasteiger partial charge on any atom is -0.506 e. The van der Waals surface area contributed by atoms with Gasteiger partial charge in [-0.25, -0.2) is 5.43 Å². The molecule has 2 N–H and O–H groups in total. The normalized spacial score (nSPS) is 11.2. The van der Waals surface area contributed by atoms with Crippen molar-refractivity contribution in [1.29, 1.82) is 0 Å². The number of nitro groups is 1. The van der Waals surface area contributed by atoms with Crippen LogP contribution in [0.3, 0.4) is 0 Å². The minimum atomic E-state index is -0.755. The first-order valence-electron chi connectivity index (χ1n) is 6.57. The summed E-state index contributed by atoms with van der Waals surface area (Å²) in [5.74, 6) is -0.989. The highest BCUT2D eigenvalue weighted by molar-refractivity contribution is 6.36. The molecule has 0 unspecified atom stereocenters. The number of hydrogen-bond donors (Lipinski definition) is 2. The molecular formula is C15H11Cl2N3O4. The maximum absolute atomic E-state index is 12.1. The van der Waals surface area contributed by atoms with Crippen LogP contribution in [0.5, 0.6) is 5.75 Å². The van der Waals surface area contributed by atoms with E-state index in [1.165, 1.54) is 43.3 Å². The van der Waals surface area contributed by atoms with Crippen LogP contribution in [0.15, 0.2) is 41.5 Å². The van der Waals surface area contributed by atoms with Crippen LogP contribution in [-0.2, 0) is 0 Å². The van der Waals surface area contributed by atoms with E-state index in [9.17, 15) is 20.0 Å². The van der Waals surface area contributed by atoms with Gasteiger partial charge in [-0.15, -0.1) is 0 Å². The van der Waals surface area contributed by atoms with E-state index < -0.39 is 10.8 Å². The number of nitrogens with one attached hydrogen (secondary N) is 1. The van der Waals surface area contributed by atoms with Gasteiger partial charge in [-0.3, -0.25) is 14.9 Å². The van der Waals surface area contributed by atoms with Gasteiger partial charge in [0.05, 0.1) is 15.7 Å². The van der Waals surface area contributed by atoms with Crippen molar-refractivity contribution in [3.8, 4) is 5.75 Å². The van der Waals surface area contributed by atoms with Gasteiger partial charge in [0.15, 0.2) is 0 Å². The summed E-state index contributed by atoms with van der Waals surface area (Å²) in [5.41, 5.74) is 2.19. The van der Waals surface area contributed by atoms with E-state index in [4.69, 9.17) is 23.2 Å². The second-order valence-electron chi connectivity index (χ2n) is 4.70. The molecule has 0 aliphatic heterocycles. The Bertz CT molecular complexity index is 853. The predicted molar refractivity (Wildman–Crippen MR) is 90.9 cm³/mol. The maximum atomic E-state index is 12.1.